The van der Waals surface area contributed by atoms with Crippen LogP contribution in [0.3, 0.4) is 0 Å². The summed E-state index contributed by atoms with van der Waals surface area (Å²) in [6.45, 7) is 9.91. The Labute approximate surface area is 99.7 Å². The van der Waals surface area contributed by atoms with Crippen molar-refractivity contribution in [2.75, 3.05) is 0 Å². The van der Waals surface area contributed by atoms with Crippen molar-refractivity contribution in [2.45, 2.75) is 39.0 Å². The molecule has 0 aromatic heterocycles. The Morgan fingerprint density at radius 2 is 1.81 bits per heavy atom. The second kappa shape index (κ2) is 7.05. The molecule has 1 rings (SSSR count). The van der Waals surface area contributed by atoms with Gasteiger partial charge in [-0.1, -0.05) is 62.4 Å². The minimum absolute atomic E-state index is 1.06. The summed E-state index contributed by atoms with van der Waals surface area (Å²) in [5.41, 5.74) is 4.16. The van der Waals surface area contributed by atoms with Crippen LogP contribution in [-0.2, 0) is 12.8 Å². The number of hydrogen-bond acceptors (Lipinski definition) is 0. The topological polar surface area (TPSA) is 0 Å². The maximum absolute atomic E-state index is 3.95. The van der Waals surface area contributed by atoms with E-state index >= 15 is 0 Å². The molecule has 0 saturated heterocycles. The lowest BCUT2D eigenvalue weighted by Crippen LogP contribution is -1.94. The molecule has 0 aliphatic heterocycles. The van der Waals surface area contributed by atoms with E-state index in [-0.39, 0.29) is 0 Å². The highest BCUT2D eigenvalue weighted by atomic mass is 14.1. The molecular weight excluding hydrogens is 192 g/mol. The molecule has 0 saturated carbocycles. The number of hydrogen-bond donors (Lipinski definition) is 0. The molecule has 0 unspecified atom stereocenters. The van der Waals surface area contributed by atoms with Crippen molar-refractivity contribution in [2.24, 2.45) is 0 Å². The van der Waals surface area contributed by atoms with Crippen molar-refractivity contribution in [3.63, 3.8) is 0 Å². The number of allylic oxidation sites excluding steroid dienone is 2. The van der Waals surface area contributed by atoms with E-state index in [1.54, 1.807) is 0 Å². The summed E-state index contributed by atoms with van der Waals surface area (Å²) >= 11 is 0. The van der Waals surface area contributed by atoms with Gasteiger partial charge in [0.25, 0.3) is 0 Å². The Bertz CT molecular complexity index is 347. The Hall–Kier alpha value is -1.30. The first-order chi connectivity index (χ1) is 7.77. The summed E-state index contributed by atoms with van der Waals surface area (Å²) in [7, 11) is 0. The maximum Gasteiger partial charge on any atom is -0.0273 e. The van der Waals surface area contributed by atoms with E-state index in [1.165, 1.54) is 30.4 Å². The maximum atomic E-state index is 3.95. The van der Waals surface area contributed by atoms with Crippen LogP contribution in [0.4, 0.5) is 0 Å². The number of benzene rings is 1. The molecular formula is C16H22. The van der Waals surface area contributed by atoms with E-state index in [4.69, 9.17) is 0 Å². The molecule has 1 aromatic carbocycles. The van der Waals surface area contributed by atoms with Gasteiger partial charge in [0, 0.05) is 0 Å². The average Bonchev–Trinajstić information content (AvgIpc) is 2.31. The first-order valence-electron chi connectivity index (χ1n) is 6.15. The van der Waals surface area contributed by atoms with Gasteiger partial charge in [0.1, 0.15) is 0 Å². The zero-order valence-corrected chi connectivity index (χ0v) is 10.3. The smallest absolute Gasteiger partial charge is 0.0273 e. The zero-order valence-electron chi connectivity index (χ0n) is 10.3. The minimum Gasteiger partial charge on any atom is -0.0988 e. The summed E-state index contributed by atoms with van der Waals surface area (Å²) in [6, 6.07) is 8.77. The Morgan fingerprint density at radius 1 is 1.19 bits per heavy atom. The molecule has 1 aromatic rings. The van der Waals surface area contributed by atoms with Gasteiger partial charge in [-0.15, -0.1) is 0 Å². The monoisotopic (exact) mass is 214 g/mol. The quantitative estimate of drug-likeness (QED) is 0.577. The van der Waals surface area contributed by atoms with Gasteiger partial charge in [-0.25, -0.2) is 0 Å². The molecule has 0 spiro atoms. The van der Waals surface area contributed by atoms with Crippen molar-refractivity contribution in [3.8, 4) is 0 Å². The van der Waals surface area contributed by atoms with Crippen LogP contribution in [0.2, 0.25) is 0 Å². The molecule has 0 N–H and O–H groups in total. The van der Waals surface area contributed by atoms with E-state index in [0.717, 1.165) is 18.4 Å². The first kappa shape index (κ1) is 12.8. The predicted molar refractivity (Wildman–Crippen MR) is 72.7 cm³/mol. The molecule has 0 bridgehead atoms. The highest BCUT2D eigenvalue weighted by Crippen LogP contribution is 2.15. The van der Waals surface area contributed by atoms with E-state index in [2.05, 4.69) is 44.3 Å². The molecule has 0 aliphatic carbocycles. The summed E-state index contributed by atoms with van der Waals surface area (Å²) in [5.74, 6) is 0. The third-order valence-electron chi connectivity index (χ3n) is 2.87. The molecule has 0 fully saturated rings. The van der Waals surface area contributed by atoms with Crippen molar-refractivity contribution >= 4 is 0 Å². The van der Waals surface area contributed by atoms with E-state index < -0.39 is 0 Å². The van der Waals surface area contributed by atoms with Gasteiger partial charge in [-0.2, -0.15) is 0 Å². The van der Waals surface area contributed by atoms with Crippen LogP contribution < -0.4 is 0 Å². The fourth-order valence-corrected chi connectivity index (χ4v) is 1.92. The second-order valence-electron chi connectivity index (χ2n) is 4.23. The third kappa shape index (κ3) is 4.06. The Balaban J connectivity index is 2.52. The van der Waals surface area contributed by atoms with E-state index in [0.29, 0.717) is 0 Å². The normalized spacial score (nSPS) is 10.1. The molecule has 0 aliphatic rings. The Kier molecular flexibility index (Phi) is 5.63. The van der Waals surface area contributed by atoms with Gasteiger partial charge >= 0.3 is 0 Å². The summed E-state index contributed by atoms with van der Waals surface area (Å²) in [5, 5.41) is 0. The summed E-state index contributed by atoms with van der Waals surface area (Å²) in [6.07, 6.45) is 7.66. The molecule has 0 atom stereocenters. The van der Waals surface area contributed by atoms with Gasteiger partial charge in [-0.05, 0) is 36.8 Å². The van der Waals surface area contributed by atoms with Crippen LogP contribution in [0.15, 0.2) is 49.1 Å². The standard InChI is InChI=1S/C16H22/c1-4-9-15-11-6-7-12-16(15)13-8-10-14(3)5-2/h5-7,11-12H,2-4,8-10,13H2,1H3. The van der Waals surface area contributed by atoms with Gasteiger partial charge < -0.3 is 0 Å². The van der Waals surface area contributed by atoms with E-state index in [1.807, 2.05) is 6.08 Å². The molecule has 16 heavy (non-hydrogen) atoms. The van der Waals surface area contributed by atoms with Gasteiger partial charge in [0.2, 0.25) is 0 Å². The fraction of sp³-hybridized carbons (Fsp3) is 0.375. The highest BCUT2D eigenvalue weighted by molar-refractivity contribution is 5.27. The Morgan fingerprint density at radius 3 is 2.38 bits per heavy atom. The lowest BCUT2D eigenvalue weighted by atomic mass is 9.98. The summed E-state index contributed by atoms with van der Waals surface area (Å²) < 4.78 is 0. The largest absolute Gasteiger partial charge is 0.0988 e. The lowest BCUT2D eigenvalue weighted by molar-refractivity contribution is 0.805. The molecule has 0 heterocycles. The van der Waals surface area contributed by atoms with Crippen molar-refractivity contribution in [1.82, 2.24) is 0 Å². The van der Waals surface area contributed by atoms with Crippen molar-refractivity contribution < 1.29 is 0 Å². The van der Waals surface area contributed by atoms with Gasteiger partial charge in [0.15, 0.2) is 0 Å². The molecule has 0 amide bonds. The SMILES string of the molecule is C=CC(=C)CCCc1ccccc1CCC. The van der Waals surface area contributed by atoms with E-state index in [9.17, 15) is 0 Å². The van der Waals surface area contributed by atoms with Crippen LogP contribution in [0.1, 0.15) is 37.3 Å². The third-order valence-corrected chi connectivity index (χ3v) is 2.87. The van der Waals surface area contributed by atoms with Crippen molar-refractivity contribution in [3.05, 3.63) is 60.2 Å². The molecule has 0 heteroatoms. The minimum atomic E-state index is 1.06. The molecule has 0 radical (unpaired) electrons. The van der Waals surface area contributed by atoms with Gasteiger partial charge in [-0.3, -0.25) is 0 Å². The number of rotatable bonds is 7. The first-order valence-corrected chi connectivity index (χ1v) is 6.15. The van der Waals surface area contributed by atoms with Crippen LogP contribution in [0.5, 0.6) is 0 Å². The second-order valence-corrected chi connectivity index (χ2v) is 4.23. The molecule has 86 valence electrons. The van der Waals surface area contributed by atoms with Crippen LogP contribution >= 0.6 is 0 Å². The van der Waals surface area contributed by atoms with Crippen LogP contribution in [0, 0.1) is 0 Å². The summed E-state index contributed by atoms with van der Waals surface area (Å²) in [4.78, 5) is 0. The number of aryl methyl sites for hydroxylation is 2. The molecule has 0 nitrogen and oxygen atoms in total. The van der Waals surface area contributed by atoms with Crippen LogP contribution in [0.25, 0.3) is 0 Å². The fourth-order valence-electron chi connectivity index (χ4n) is 1.92. The highest BCUT2D eigenvalue weighted by Gasteiger charge is 2.00. The van der Waals surface area contributed by atoms with Crippen molar-refractivity contribution in [1.29, 1.82) is 0 Å². The van der Waals surface area contributed by atoms with Gasteiger partial charge in [0.05, 0.1) is 0 Å². The zero-order chi connectivity index (χ0) is 11.8. The van der Waals surface area contributed by atoms with Crippen LogP contribution in [-0.4, -0.2) is 0 Å². The lowest BCUT2D eigenvalue weighted by Gasteiger charge is -2.08. The average molecular weight is 214 g/mol. The predicted octanol–water partition coefficient (Wildman–Crippen LogP) is 4.70.